The van der Waals surface area contributed by atoms with Gasteiger partial charge in [0.2, 0.25) is 0 Å². The molecule has 0 unspecified atom stereocenters. The van der Waals surface area contributed by atoms with Crippen molar-refractivity contribution >= 4 is 17.7 Å². The molecule has 1 aliphatic heterocycles. The molecule has 6 nitrogen and oxygen atoms in total. The highest BCUT2D eigenvalue weighted by Gasteiger charge is 2.22. The number of carbonyl (C=O) groups is 1. The van der Waals surface area contributed by atoms with Gasteiger partial charge in [-0.2, -0.15) is 0 Å². The lowest BCUT2D eigenvalue weighted by Crippen LogP contribution is -2.49. The van der Waals surface area contributed by atoms with Gasteiger partial charge in [0, 0.05) is 50.2 Å². The number of carbonyl (C=O) groups excluding carboxylic acids is 1. The molecule has 1 aliphatic rings. The van der Waals surface area contributed by atoms with Crippen LogP contribution < -0.4 is 0 Å². The van der Waals surface area contributed by atoms with E-state index in [0.717, 1.165) is 25.3 Å². The van der Waals surface area contributed by atoms with E-state index < -0.39 is 5.82 Å². The van der Waals surface area contributed by atoms with Crippen LogP contribution in [0.5, 0.6) is 0 Å². The van der Waals surface area contributed by atoms with E-state index in [1.54, 1.807) is 17.9 Å². The lowest BCUT2D eigenvalue weighted by atomic mass is 10.1. The average molecular weight is 382 g/mol. The highest BCUT2D eigenvalue weighted by Crippen LogP contribution is 2.26. The lowest BCUT2D eigenvalue weighted by Gasteiger charge is -2.33. The summed E-state index contributed by atoms with van der Waals surface area (Å²) < 4.78 is 24.2. The molecule has 8 heteroatoms. The number of hydrogen-bond donors (Lipinski definition) is 0. The Labute approximate surface area is 156 Å². The van der Waals surface area contributed by atoms with Gasteiger partial charge in [-0.25, -0.2) is 9.18 Å². The number of piperazine rings is 1. The van der Waals surface area contributed by atoms with Crippen molar-refractivity contribution in [1.29, 1.82) is 0 Å². The third-order valence-electron chi connectivity index (χ3n) is 4.34. The van der Waals surface area contributed by atoms with Gasteiger partial charge in [0.05, 0.1) is 17.9 Å². The molecule has 1 aromatic carbocycles. The minimum Gasteiger partial charge on any atom is -0.450 e. The van der Waals surface area contributed by atoms with Gasteiger partial charge in [0.15, 0.2) is 5.76 Å². The van der Waals surface area contributed by atoms with Crippen LogP contribution in [0, 0.1) is 5.82 Å². The molecule has 2 aromatic rings. The first-order valence-corrected chi connectivity index (χ1v) is 8.99. The van der Waals surface area contributed by atoms with Gasteiger partial charge in [-0.3, -0.25) is 4.90 Å². The molecule has 0 N–H and O–H groups in total. The minimum absolute atomic E-state index is 0.253. The third kappa shape index (κ3) is 4.53. The zero-order chi connectivity index (χ0) is 18.5. The van der Waals surface area contributed by atoms with Gasteiger partial charge >= 0.3 is 6.09 Å². The summed E-state index contributed by atoms with van der Waals surface area (Å²) in [5.41, 5.74) is 1.06. The number of ether oxygens (including phenoxy) is 1. The molecular weight excluding hydrogens is 361 g/mol. The van der Waals surface area contributed by atoms with E-state index in [9.17, 15) is 9.18 Å². The van der Waals surface area contributed by atoms with Crippen LogP contribution in [0.1, 0.15) is 12.6 Å². The van der Waals surface area contributed by atoms with Crippen molar-refractivity contribution in [1.82, 2.24) is 15.0 Å². The Balaban J connectivity index is 1.52. The fourth-order valence-electron chi connectivity index (χ4n) is 2.88. The molecule has 1 aromatic heterocycles. The van der Waals surface area contributed by atoms with Crippen LogP contribution in [0.4, 0.5) is 9.18 Å². The molecule has 0 atom stereocenters. The number of halogens is 2. The van der Waals surface area contributed by atoms with Gasteiger partial charge in [-0.05, 0) is 25.1 Å². The Morgan fingerprint density at radius 1 is 1.31 bits per heavy atom. The molecule has 0 saturated carbocycles. The van der Waals surface area contributed by atoms with E-state index in [2.05, 4.69) is 10.1 Å². The highest BCUT2D eigenvalue weighted by molar-refractivity contribution is 6.30. The Hall–Kier alpha value is -2.12. The van der Waals surface area contributed by atoms with Crippen LogP contribution in [0.25, 0.3) is 11.3 Å². The summed E-state index contributed by atoms with van der Waals surface area (Å²) in [4.78, 5) is 15.7. The van der Waals surface area contributed by atoms with Crippen molar-refractivity contribution in [2.75, 3.05) is 39.3 Å². The first kappa shape index (κ1) is 18.7. The highest BCUT2D eigenvalue weighted by atomic mass is 35.5. The van der Waals surface area contributed by atoms with Crippen molar-refractivity contribution < 1.29 is 18.4 Å². The van der Waals surface area contributed by atoms with E-state index in [1.165, 1.54) is 18.2 Å². The minimum atomic E-state index is -0.396. The maximum Gasteiger partial charge on any atom is 0.409 e. The quantitative estimate of drug-likeness (QED) is 0.793. The van der Waals surface area contributed by atoms with E-state index in [1.807, 2.05) is 0 Å². The molecular formula is C18H21ClFN3O3. The average Bonchev–Trinajstić information content (AvgIpc) is 3.11. The fraction of sp³-hybridized carbons (Fsp3) is 0.444. The third-order valence-corrected chi connectivity index (χ3v) is 4.57. The van der Waals surface area contributed by atoms with Crippen LogP contribution >= 0.6 is 11.6 Å². The van der Waals surface area contributed by atoms with Gasteiger partial charge < -0.3 is 14.2 Å². The second-order valence-corrected chi connectivity index (χ2v) is 6.52. The molecule has 140 valence electrons. The molecule has 0 radical (unpaired) electrons. The summed E-state index contributed by atoms with van der Waals surface area (Å²) in [7, 11) is 0. The number of aromatic nitrogens is 1. The van der Waals surface area contributed by atoms with Crippen molar-refractivity contribution in [2.45, 2.75) is 13.3 Å². The number of hydrogen-bond acceptors (Lipinski definition) is 5. The fourth-order valence-corrected chi connectivity index (χ4v) is 3.06. The lowest BCUT2D eigenvalue weighted by molar-refractivity contribution is 0.0798. The van der Waals surface area contributed by atoms with Crippen LogP contribution in [0.15, 0.2) is 28.8 Å². The van der Waals surface area contributed by atoms with E-state index >= 15 is 0 Å². The van der Waals surface area contributed by atoms with Crippen molar-refractivity contribution in [3.05, 3.63) is 40.8 Å². The molecule has 0 spiro atoms. The molecule has 0 bridgehead atoms. The monoisotopic (exact) mass is 381 g/mol. The molecule has 3 rings (SSSR count). The normalized spacial score (nSPS) is 15.3. The number of benzene rings is 1. The Kier molecular flexibility index (Phi) is 6.11. The topological polar surface area (TPSA) is 58.8 Å². The molecule has 26 heavy (non-hydrogen) atoms. The predicted molar refractivity (Wildman–Crippen MR) is 95.6 cm³/mol. The molecule has 0 aliphatic carbocycles. The number of amides is 1. The van der Waals surface area contributed by atoms with Crippen LogP contribution in [0.3, 0.4) is 0 Å². The van der Waals surface area contributed by atoms with Crippen molar-refractivity contribution in [2.24, 2.45) is 0 Å². The summed E-state index contributed by atoms with van der Waals surface area (Å²) in [6, 6.07) is 6.07. The predicted octanol–water partition coefficient (Wildman–Crippen LogP) is 3.45. The summed E-state index contributed by atoms with van der Waals surface area (Å²) in [6.07, 6.45) is 0.433. The molecule has 1 amide bonds. The van der Waals surface area contributed by atoms with E-state index in [-0.39, 0.29) is 6.09 Å². The van der Waals surface area contributed by atoms with Gasteiger partial charge in [0.25, 0.3) is 0 Å². The summed E-state index contributed by atoms with van der Waals surface area (Å²) in [5.74, 6) is -0.0284. The standard InChI is InChI=1S/C18H21ClFN3O3/c1-2-25-18(24)23-9-7-22(8-10-23)6-5-14-12-17(26-21-14)15-11-13(19)3-4-16(15)20/h3-4,11-12H,2,5-10H2,1H3. The van der Waals surface area contributed by atoms with Crippen molar-refractivity contribution in [3.63, 3.8) is 0 Å². The molecule has 2 heterocycles. The second-order valence-electron chi connectivity index (χ2n) is 6.08. The Morgan fingerprint density at radius 2 is 2.08 bits per heavy atom. The smallest absolute Gasteiger partial charge is 0.409 e. The molecule has 1 fully saturated rings. The van der Waals surface area contributed by atoms with Gasteiger partial charge in [-0.15, -0.1) is 0 Å². The zero-order valence-electron chi connectivity index (χ0n) is 14.6. The maximum atomic E-state index is 13.9. The summed E-state index contributed by atoms with van der Waals surface area (Å²) in [5, 5.41) is 4.46. The SMILES string of the molecule is CCOC(=O)N1CCN(CCc2cc(-c3cc(Cl)ccc3F)on2)CC1. The number of nitrogens with zero attached hydrogens (tertiary/aromatic N) is 3. The molecule has 1 saturated heterocycles. The first-order valence-electron chi connectivity index (χ1n) is 8.62. The van der Waals surface area contributed by atoms with Crippen LogP contribution in [-0.2, 0) is 11.2 Å². The largest absolute Gasteiger partial charge is 0.450 e. The number of rotatable bonds is 5. The Morgan fingerprint density at radius 3 is 2.81 bits per heavy atom. The van der Waals surface area contributed by atoms with Crippen LogP contribution in [-0.4, -0.2) is 60.4 Å². The van der Waals surface area contributed by atoms with E-state index in [4.69, 9.17) is 20.9 Å². The van der Waals surface area contributed by atoms with E-state index in [0.29, 0.717) is 42.5 Å². The zero-order valence-corrected chi connectivity index (χ0v) is 15.3. The second kappa shape index (κ2) is 8.51. The van der Waals surface area contributed by atoms with Crippen LogP contribution in [0.2, 0.25) is 5.02 Å². The van der Waals surface area contributed by atoms with Gasteiger partial charge in [-0.1, -0.05) is 16.8 Å². The maximum absolute atomic E-state index is 13.9. The summed E-state index contributed by atoms with van der Waals surface area (Å²) in [6.45, 7) is 5.85. The summed E-state index contributed by atoms with van der Waals surface area (Å²) >= 11 is 5.92. The van der Waals surface area contributed by atoms with Crippen molar-refractivity contribution in [3.8, 4) is 11.3 Å². The first-order chi connectivity index (χ1) is 12.6. The Bertz CT molecular complexity index is 760. The van der Waals surface area contributed by atoms with Gasteiger partial charge in [0.1, 0.15) is 5.82 Å².